The zero-order valence-corrected chi connectivity index (χ0v) is 33.2. The van der Waals surface area contributed by atoms with Crippen molar-refractivity contribution in [2.45, 2.75) is 5.41 Å². The van der Waals surface area contributed by atoms with Crippen molar-refractivity contribution < 1.29 is 0 Å². The number of aromatic nitrogens is 3. The Morgan fingerprint density at radius 2 is 0.820 bits per heavy atom. The first-order valence-corrected chi connectivity index (χ1v) is 20.8. The van der Waals surface area contributed by atoms with E-state index < -0.39 is 5.41 Å². The van der Waals surface area contributed by atoms with E-state index in [9.17, 15) is 0 Å². The number of fused-ring (bicyclic) bond motifs is 11. The van der Waals surface area contributed by atoms with Crippen LogP contribution < -0.4 is 0 Å². The molecule has 0 amide bonds. The highest BCUT2D eigenvalue weighted by molar-refractivity contribution is 6.05. The van der Waals surface area contributed by atoms with E-state index >= 15 is 0 Å². The van der Waals surface area contributed by atoms with Gasteiger partial charge in [0.1, 0.15) is 0 Å². The van der Waals surface area contributed by atoms with Crippen LogP contribution in [-0.4, -0.2) is 15.0 Å². The first kappa shape index (κ1) is 35.0. The molecule has 0 saturated heterocycles. The van der Waals surface area contributed by atoms with Crippen LogP contribution in [0.25, 0.3) is 90.5 Å². The van der Waals surface area contributed by atoms with Crippen LogP contribution in [0, 0.1) is 0 Å². The first-order chi connectivity index (χ1) is 30.2. The minimum absolute atomic E-state index is 0.603. The van der Waals surface area contributed by atoms with E-state index in [1.54, 1.807) is 0 Å². The Labute approximate surface area is 355 Å². The second-order valence-electron chi connectivity index (χ2n) is 15.9. The standard InChI is InChI=1S/C58H37N3/c1-4-16-38(17-5-1)45-34-46(39-18-6-2-7-19-39)36-47(35-45)57-60-55(43-22-8-3-9-23-43)59-56(61-57)44-31-30-42-29-28-41-21-11-14-26-50(41)58(53(42)37-44)51-27-15-13-25-49(51)54-48-24-12-10-20-40(48)32-33-52(54)58/h1-37H. The van der Waals surface area contributed by atoms with E-state index in [1.165, 1.54) is 49.7 Å². The summed E-state index contributed by atoms with van der Waals surface area (Å²) in [5, 5.41) is 2.50. The number of rotatable bonds is 5. The number of hydrogen-bond acceptors (Lipinski definition) is 3. The molecule has 61 heavy (non-hydrogen) atoms. The van der Waals surface area contributed by atoms with Crippen LogP contribution in [0.5, 0.6) is 0 Å². The highest BCUT2D eigenvalue weighted by atomic mass is 15.0. The molecule has 1 atom stereocenters. The third-order valence-electron chi connectivity index (χ3n) is 12.5. The lowest BCUT2D eigenvalue weighted by Crippen LogP contribution is -2.30. The third kappa shape index (κ3) is 5.62. The fourth-order valence-corrected chi connectivity index (χ4v) is 9.80. The van der Waals surface area contributed by atoms with Crippen molar-refractivity contribution >= 4 is 22.9 Å². The molecule has 284 valence electrons. The summed E-state index contributed by atoms with van der Waals surface area (Å²) < 4.78 is 0. The van der Waals surface area contributed by atoms with Gasteiger partial charge in [-0.2, -0.15) is 0 Å². The molecule has 0 N–H and O–H groups in total. The maximum absolute atomic E-state index is 5.39. The van der Waals surface area contributed by atoms with Crippen LogP contribution in [0.15, 0.2) is 212 Å². The average Bonchev–Trinajstić information content (AvgIpc) is 3.56. The summed E-state index contributed by atoms with van der Waals surface area (Å²) in [4.78, 5) is 15.9. The van der Waals surface area contributed by atoms with Gasteiger partial charge in [-0.1, -0.05) is 200 Å². The minimum atomic E-state index is -0.603. The molecule has 0 aliphatic heterocycles. The molecular weight excluding hydrogens is 739 g/mol. The summed E-state index contributed by atoms with van der Waals surface area (Å²) in [6, 6.07) is 76.1. The van der Waals surface area contributed by atoms with Crippen LogP contribution in [0.3, 0.4) is 0 Å². The van der Waals surface area contributed by atoms with Crippen molar-refractivity contribution in [2.75, 3.05) is 0 Å². The van der Waals surface area contributed by atoms with Gasteiger partial charge in [0, 0.05) is 16.7 Å². The fraction of sp³-hybridized carbons (Fsp3) is 0.0172. The lowest BCUT2D eigenvalue weighted by molar-refractivity contribution is 0.767. The molecule has 1 aromatic heterocycles. The lowest BCUT2D eigenvalue weighted by atomic mass is 9.65. The van der Waals surface area contributed by atoms with E-state index in [4.69, 9.17) is 15.0 Å². The van der Waals surface area contributed by atoms with Gasteiger partial charge in [-0.3, -0.25) is 0 Å². The molecule has 1 spiro atoms. The Morgan fingerprint density at radius 1 is 0.295 bits per heavy atom. The Balaban J connectivity index is 1.12. The van der Waals surface area contributed by atoms with Crippen LogP contribution >= 0.6 is 0 Å². The molecule has 2 aliphatic rings. The van der Waals surface area contributed by atoms with Crippen LogP contribution in [0.1, 0.15) is 33.4 Å². The van der Waals surface area contributed by atoms with Crippen LogP contribution in [-0.2, 0) is 5.41 Å². The molecule has 0 saturated carbocycles. The predicted octanol–water partition coefficient (Wildman–Crippen LogP) is 14.2. The van der Waals surface area contributed by atoms with Gasteiger partial charge < -0.3 is 0 Å². The Bertz CT molecular complexity index is 3300. The topological polar surface area (TPSA) is 38.7 Å². The maximum Gasteiger partial charge on any atom is 0.164 e. The molecule has 0 radical (unpaired) electrons. The predicted molar refractivity (Wildman–Crippen MR) is 251 cm³/mol. The summed E-state index contributed by atoms with van der Waals surface area (Å²) in [6.45, 7) is 0. The SMILES string of the molecule is C1=Cc2ccc(-c3nc(-c4ccccc4)nc(-c4cc(-c5ccccc5)cc(-c5ccccc5)c4)n3)cc2C2(c3ccccc31)c1ccccc1-c1c2ccc2ccccc12. The molecule has 0 bridgehead atoms. The highest BCUT2D eigenvalue weighted by Gasteiger charge is 2.49. The maximum atomic E-state index is 5.39. The van der Waals surface area contributed by atoms with Gasteiger partial charge >= 0.3 is 0 Å². The Kier molecular flexibility index (Phi) is 8.07. The van der Waals surface area contributed by atoms with E-state index in [1.807, 2.05) is 18.2 Å². The lowest BCUT2D eigenvalue weighted by Gasteiger charge is -2.35. The summed E-state index contributed by atoms with van der Waals surface area (Å²) >= 11 is 0. The quantitative estimate of drug-likeness (QED) is 0.175. The van der Waals surface area contributed by atoms with Crippen molar-refractivity contribution in [1.29, 1.82) is 0 Å². The molecule has 2 aliphatic carbocycles. The van der Waals surface area contributed by atoms with Gasteiger partial charge in [-0.05, 0) is 102 Å². The molecule has 3 heteroatoms. The smallest absolute Gasteiger partial charge is 0.164 e. The van der Waals surface area contributed by atoms with E-state index in [0.717, 1.165) is 44.5 Å². The van der Waals surface area contributed by atoms with E-state index in [0.29, 0.717) is 17.5 Å². The molecule has 10 aromatic rings. The molecule has 9 aromatic carbocycles. The molecule has 3 nitrogen and oxygen atoms in total. The molecular formula is C58H37N3. The second kappa shape index (κ2) is 14.1. The Morgan fingerprint density at radius 3 is 1.52 bits per heavy atom. The molecule has 1 heterocycles. The Hall–Kier alpha value is -8.01. The van der Waals surface area contributed by atoms with Crippen molar-refractivity contribution in [1.82, 2.24) is 15.0 Å². The third-order valence-corrected chi connectivity index (χ3v) is 12.5. The summed E-state index contributed by atoms with van der Waals surface area (Å²) in [7, 11) is 0. The van der Waals surface area contributed by atoms with E-state index in [-0.39, 0.29) is 0 Å². The highest BCUT2D eigenvalue weighted by Crippen LogP contribution is 2.60. The molecule has 12 rings (SSSR count). The summed E-state index contributed by atoms with van der Waals surface area (Å²) in [5.41, 5.74) is 16.6. The fourth-order valence-electron chi connectivity index (χ4n) is 9.80. The molecule has 1 unspecified atom stereocenters. The van der Waals surface area contributed by atoms with Crippen LogP contribution in [0.2, 0.25) is 0 Å². The van der Waals surface area contributed by atoms with Crippen molar-refractivity contribution in [3.63, 3.8) is 0 Å². The first-order valence-electron chi connectivity index (χ1n) is 20.8. The zero-order chi connectivity index (χ0) is 40.3. The normalized spacial score (nSPS) is 14.6. The van der Waals surface area contributed by atoms with Gasteiger partial charge in [0.15, 0.2) is 17.5 Å². The van der Waals surface area contributed by atoms with Gasteiger partial charge in [-0.25, -0.2) is 15.0 Å². The van der Waals surface area contributed by atoms with Crippen molar-refractivity contribution in [3.8, 4) is 67.5 Å². The number of nitrogens with zero attached hydrogens (tertiary/aromatic N) is 3. The van der Waals surface area contributed by atoms with E-state index in [2.05, 4.69) is 206 Å². The van der Waals surface area contributed by atoms with Gasteiger partial charge in [0.2, 0.25) is 0 Å². The second-order valence-corrected chi connectivity index (χ2v) is 15.9. The monoisotopic (exact) mass is 775 g/mol. The van der Waals surface area contributed by atoms with Gasteiger partial charge in [0.05, 0.1) is 5.41 Å². The van der Waals surface area contributed by atoms with Gasteiger partial charge in [0.25, 0.3) is 0 Å². The van der Waals surface area contributed by atoms with Crippen LogP contribution in [0.4, 0.5) is 0 Å². The van der Waals surface area contributed by atoms with Crippen molar-refractivity contribution in [2.24, 2.45) is 0 Å². The number of hydrogen-bond donors (Lipinski definition) is 0. The summed E-state index contributed by atoms with van der Waals surface area (Å²) in [5.74, 6) is 1.88. The van der Waals surface area contributed by atoms with Gasteiger partial charge in [-0.15, -0.1) is 0 Å². The minimum Gasteiger partial charge on any atom is -0.208 e. The van der Waals surface area contributed by atoms with Crippen molar-refractivity contribution in [3.05, 3.63) is 246 Å². The molecule has 0 fully saturated rings. The zero-order valence-electron chi connectivity index (χ0n) is 33.2. The number of benzene rings is 9. The average molecular weight is 776 g/mol. The largest absolute Gasteiger partial charge is 0.208 e. The summed E-state index contributed by atoms with van der Waals surface area (Å²) in [6.07, 6.45) is 4.56.